The third-order valence-corrected chi connectivity index (χ3v) is 4.04. The number of benzene rings is 2. The van der Waals surface area contributed by atoms with Crippen LogP contribution in [0.2, 0.25) is 0 Å². The van der Waals surface area contributed by atoms with E-state index in [4.69, 9.17) is 0 Å². The maximum absolute atomic E-state index is 13.8. The lowest BCUT2D eigenvalue weighted by Crippen LogP contribution is -2.29. The van der Waals surface area contributed by atoms with Gasteiger partial charge in [-0.15, -0.1) is 0 Å². The fraction of sp³-hybridized carbons (Fsp3) is 0.278. The summed E-state index contributed by atoms with van der Waals surface area (Å²) >= 11 is 0. The predicted molar refractivity (Wildman–Crippen MR) is 82.7 cm³/mol. The molecule has 1 atom stereocenters. The van der Waals surface area contributed by atoms with E-state index in [9.17, 15) is 9.18 Å². The molecule has 2 aromatic carbocycles. The Morgan fingerprint density at radius 3 is 2.71 bits per heavy atom. The van der Waals surface area contributed by atoms with Gasteiger partial charge in [0.2, 0.25) is 0 Å². The van der Waals surface area contributed by atoms with Crippen molar-refractivity contribution in [3.05, 3.63) is 59.9 Å². The van der Waals surface area contributed by atoms with E-state index in [1.807, 2.05) is 6.07 Å². The molecule has 0 fully saturated rings. The van der Waals surface area contributed by atoms with Gasteiger partial charge in [-0.25, -0.2) is 4.39 Å². The molecule has 2 aromatic rings. The molecule has 2 nitrogen and oxygen atoms in total. The van der Waals surface area contributed by atoms with Crippen LogP contribution in [0.4, 0.5) is 4.39 Å². The minimum absolute atomic E-state index is 0.124. The molecular weight excluding hydrogens is 265 g/mol. The number of nitrogens with one attached hydrogen (secondary N) is 1. The van der Waals surface area contributed by atoms with E-state index in [1.54, 1.807) is 24.3 Å². The molecule has 3 heteroatoms. The highest BCUT2D eigenvalue weighted by atomic mass is 19.1. The van der Waals surface area contributed by atoms with Crippen LogP contribution in [0.15, 0.2) is 48.6 Å². The highest BCUT2D eigenvalue weighted by molar-refractivity contribution is 6.07. The van der Waals surface area contributed by atoms with Gasteiger partial charge in [0.15, 0.2) is 0 Å². The van der Waals surface area contributed by atoms with Gasteiger partial charge in [0.05, 0.1) is 0 Å². The Hall–Kier alpha value is -2.16. The fourth-order valence-corrected chi connectivity index (χ4v) is 2.83. The molecule has 0 spiro atoms. The first-order valence-corrected chi connectivity index (χ1v) is 7.36. The smallest absolute Gasteiger partial charge is 0.251 e. The summed E-state index contributed by atoms with van der Waals surface area (Å²) < 4.78 is 13.8. The van der Waals surface area contributed by atoms with Crippen LogP contribution in [0.5, 0.6) is 0 Å². The number of amides is 1. The summed E-state index contributed by atoms with van der Waals surface area (Å²) in [6.45, 7) is 0.675. The summed E-state index contributed by atoms with van der Waals surface area (Å²) in [4.78, 5) is 12.4. The van der Waals surface area contributed by atoms with E-state index in [0.29, 0.717) is 28.8 Å². The van der Waals surface area contributed by atoms with E-state index in [2.05, 4.69) is 17.5 Å². The Morgan fingerprint density at radius 2 is 1.95 bits per heavy atom. The highest BCUT2D eigenvalue weighted by Crippen LogP contribution is 2.22. The number of allylic oxidation sites excluding steroid dienone is 2. The summed E-state index contributed by atoms with van der Waals surface area (Å²) in [6, 6.07) is 10.0. The highest BCUT2D eigenvalue weighted by Gasteiger charge is 2.15. The molecule has 1 aliphatic carbocycles. The minimum atomic E-state index is -0.292. The van der Waals surface area contributed by atoms with Crippen molar-refractivity contribution in [2.75, 3.05) is 6.54 Å². The van der Waals surface area contributed by atoms with Gasteiger partial charge in [-0.2, -0.15) is 0 Å². The van der Waals surface area contributed by atoms with Crippen LogP contribution in [0, 0.1) is 11.7 Å². The van der Waals surface area contributed by atoms with Crippen molar-refractivity contribution < 1.29 is 9.18 Å². The molecule has 0 heterocycles. The van der Waals surface area contributed by atoms with Crippen LogP contribution < -0.4 is 5.32 Å². The van der Waals surface area contributed by atoms with Gasteiger partial charge in [0.1, 0.15) is 5.82 Å². The zero-order valence-corrected chi connectivity index (χ0v) is 11.8. The topological polar surface area (TPSA) is 29.1 Å². The summed E-state index contributed by atoms with van der Waals surface area (Å²) in [5.74, 6) is 0.0889. The zero-order valence-electron chi connectivity index (χ0n) is 11.8. The molecule has 0 aliphatic heterocycles. The van der Waals surface area contributed by atoms with Crippen LogP contribution in [-0.2, 0) is 0 Å². The van der Waals surface area contributed by atoms with Crippen molar-refractivity contribution in [3.8, 4) is 0 Å². The number of hydrogen-bond acceptors (Lipinski definition) is 1. The third kappa shape index (κ3) is 2.97. The fourth-order valence-electron chi connectivity index (χ4n) is 2.83. The van der Waals surface area contributed by atoms with Crippen LogP contribution >= 0.6 is 0 Å². The maximum atomic E-state index is 13.8. The lowest BCUT2D eigenvalue weighted by atomic mass is 9.94. The van der Waals surface area contributed by atoms with Gasteiger partial charge in [-0.1, -0.05) is 36.4 Å². The van der Waals surface area contributed by atoms with Gasteiger partial charge in [0, 0.05) is 17.5 Å². The molecule has 21 heavy (non-hydrogen) atoms. The molecule has 0 saturated carbocycles. The number of rotatable bonds is 3. The number of halogens is 1. The van der Waals surface area contributed by atoms with Crippen molar-refractivity contribution in [1.29, 1.82) is 0 Å². The van der Waals surface area contributed by atoms with Gasteiger partial charge >= 0.3 is 0 Å². The average Bonchev–Trinajstić information content (AvgIpc) is 2.54. The molecule has 0 saturated heterocycles. The summed E-state index contributed by atoms with van der Waals surface area (Å²) in [5.41, 5.74) is 0.540. The van der Waals surface area contributed by atoms with Crippen molar-refractivity contribution >= 4 is 16.7 Å². The maximum Gasteiger partial charge on any atom is 0.251 e. The summed E-state index contributed by atoms with van der Waals surface area (Å²) in [6.07, 6.45) is 7.57. The van der Waals surface area contributed by atoms with Crippen molar-refractivity contribution in [2.45, 2.75) is 19.3 Å². The third-order valence-electron chi connectivity index (χ3n) is 4.04. The first kappa shape index (κ1) is 13.8. The molecule has 1 unspecified atom stereocenters. The molecule has 1 N–H and O–H groups in total. The second-order valence-corrected chi connectivity index (χ2v) is 5.50. The van der Waals surface area contributed by atoms with E-state index in [0.717, 1.165) is 19.3 Å². The van der Waals surface area contributed by atoms with Gasteiger partial charge in [-0.3, -0.25) is 4.79 Å². The Kier molecular flexibility index (Phi) is 4.00. The van der Waals surface area contributed by atoms with Crippen molar-refractivity contribution in [1.82, 2.24) is 5.32 Å². The normalized spacial score (nSPS) is 17.9. The molecule has 1 amide bonds. The van der Waals surface area contributed by atoms with Gasteiger partial charge < -0.3 is 5.32 Å². The average molecular weight is 283 g/mol. The van der Waals surface area contributed by atoms with Crippen LogP contribution in [0.1, 0.15) is 29.6 Å². The van der Waals surface area contributed by atoms with Gasteiger partial charge in [-0.05, 0) is 42.7 Å². The largest absolute Gasteiger partial charge is 0.352 e. The molecule has 0 bridgehead atoms. The molecule has 3 rings (SSSR count). The first-order chi connectivity index (χ1) is 10.3. The number of carbonyl (C=O) groups is 1. The van der Waals surface area contributed by atoms with Crippen molar-refractivity contribution in [3.63, 3.8) is 0 Å². The number of fused-ring (bicyclic) bond motifs is 1. The molecular formula is C18H18FNO. The van der Waals surface area contributed by atoms with E-state index >= 15 is 0 Å². The summed E-state index contributed by atoms with van der Waals surface area (Å²) in [5, 5.41) is 4.14. The Bertz CT molecular complexity index is 693. The second-order valence-electron chi connectivity index (χ2n) is 5.50. The van der Waals surface area contributed by atoms with E-state index in [1.165, 1.54) is 6.07 Å². The molecule has 1 aliphatic rings. The lowest BCUT2D eigenvalue weighted by Gasteiger charge is -2.18. The SMILES string of the molecule is O=C(NCC1CC=CCC1)c1ccc(F)c2ccccc12. The number of hydrogen-bond donors (Lipinski definition) is 1. The Morgan fingerprint density at radius 1 is 1.14 bits per heavy atom. The van der Waals surface area contributed by atoms with Crippen LogP contribution in [-0.4, -0.2) is 12.5 Å². The van der Waals surface area contributed by atoms with Crippen LogP contribution in [0.3, 0.4) is 0 Å². The second kappa shape index (κ2) is 6.08. The quantitative estimate of drug-likeness (QED) is 0.845. The molecule has 0 aromatic heterocycles. The van der Waals surface area contributed by atoms with E-state index < -0.39 is 0 Å². The molecule has 108 valence electrons. The Labute approximate surface area is 123 Å². The van der Waals surface area contributed by atoms with Gasteiger partial charge in [0.25, 0.3) is 5.91 Å². The predicted octanol–water partition coefficient (Wildman–Crippen LogP) is 4.07. The van der Waals surface area contributed by atoms with E-state index in [-0.39, 0.29) is 11.7 Å². The van der Waals surface area contributed by atoms with Crippen molar-refractivity contribution in [2.24, 2.45) is 5.92 Å². The Balaban J connectivity index is 1.78. The molecule has 0 radical (unpaired) electrons. The summed E-state index contributed by atoms with van der Waals surface area (Å²) in [7, 11) is 0. The monoisotopic (exact) mass is 283 g/mol. The zero-order chi connectivity index (χ0) is 14.7. The minimum Gasteiger partial charge on any atom is -0.352 e. The van der Waals surface area contributed by atoms with Crippen LogP contribution in [0.25, 0.3) is 10.8 Å². The lowest BCUT2D eigenvalue weighted by molar-refractivity contribution is 0.0948. The first-order valence-electron chi connectivity index (χ1n) is 7.36. The standard InChI is InChI=1S/C18H18FNO/c19-17-11-10-16(14-8-4-5-9-15(14)17)18(21)20-12-13-6-2-1-3-7-13/h1-2,4-5,8-11,13H,3,6-7,12H2,(H,20,21). The number of carbonyl (C=O) groups excluding carboxylic acids is 1.